The van der Waals surface area contributed by atoms with Gasteiger partial charge in [0.05, 0.1) is 0 Å². The van der Waals surface area contributed by atoms with E-state index in [0.29, 0.717) is 5.92 Å². The van der Waals surface area contributed by atoms with Crippen molar-refractivity contribution in [1.29, 1.82) is 0 Å². The van der Waals surface area contributed by atoms with E-state index in [0.717, 1.165) is 12.0 Å². The third-order valence-corrected chi connectivity index (χ3v) is 4.09. The van der Waals surface area contributed by atoms with Gasteiger partial charge >= 0.3 is 5.97 Å². The van der Waals surface area contributed by atoms with Crippen molar-refractivity contribution < 1.29 is 9.90 Å². The molecule has 1 unspecified atom stereocenters. The van der Waals surface area contributed by atoms with Crippen molar-refractivity contribution in [2.75, 3.05) is 7.05 Å². The highest BCUT2D eigenvalue weighted by Crippen LogP contribution is 2.27. The number of carbonyl (C=O) groups is 1. The highest BCUT2D eigenvalue weighted by molar-refractivity contribution is 5.77. The lowest BCUT2D eigenvalue weighted by atomic mass is 9.96. The van der Waals surface area contributed by atoms with Crippen LogP contribution in [0.2, 0.25) is 0 Å². The van der Waals surface area contributed by atoms with Crippen LogP contribution in [-0.4, -0.2) is 28.6 Å². The van der Waals surface area contributed by atoms with E-state index in [1.165, 1.54) is 5.56 Å². The van der Waals surface area contributed by atoms with Gasteiger partial charge in [0, 0.05) is 6.04 Å². The number of likely N-dealkylation sites (N-methyl/N-ethyl adjacent to an activating group) is 1. The number of benzene rings is 1. The summed E-state index contributed by atoms with van der Waals surface area (Å²) in [7, 11) is 1.86. The van der Waals surface area contributed by atoms with Gasteiger partial charge in [0.25, 0.3) is 0 Å². The summed E-state index contributed by atoms with van der Waals surface area (Å²) >= 11 is 0. The average Bonchev–Trinajstić information content (AvgIpc) is 2.37. The molecule has 0 fully saturated rings. The third kappa shape index (κ3) is 3.83. The van der Waals surface area contributed by atoms with Gasteiger partial charge < -0.3 is 5.11 Å². The van der Waals surface area contributed by atoms with E-state index in [1.807, 2.05) is 18.9 Å². The summed E-state index contributed by atoms with van der Waals surface area (Å²) in [6, 6.07) is 8.57. The molecule has 3 heteroatoms. The molecule has 20 heavy (non-hydrogen) atoms. The van der Waals surface area contributed by atoms with E-state index in [2.05, 4.69) is 38.1 Å². The lowest BCUT2D eigenvalue weighted by Gasteiger charge is -2.36. The van der Waals surface area contributed by atoms with Crippen LogP contribution in [0.1, 0.15) is 51.8 Å². The van der Waals surface area contributed by atoms with Crippen LogP contribution in [0.4, 0.5) is 0 Å². The normalized spacial score (nSPS) is 13.8. The molecule has 112 valence electrons. The van der Waals surface area contributed by atoms with E-state index in [1.54, 1.807) is 13.8 Å². The molecule has 0 aliphatic carbocycles. The number of carboxylic acid groups (broad SMARTS) is 1. The first-order chi connectivity index (χ1) is 9.16. The average molecular weight is 277 g/mol. The van der Waals surface area contributed by atoms with Crippen molar-refractivity contribution in [3.63, 3.8) is 0 Å². The smallest absolute Gasteiger partial charge is 0.323 e. The number of nitrogens with zero attached hydrogens (tertiary/aromatic N) is 1. The zero-order valence-electron chi connectivity index (χ0n) is 13.5. The zero-order chi connectivity index (χ0) is 15.5. The SMILES string of the molecule is CC(C)Cc1ccc(C(C)N(C)C(C)(C)C(=O)O)cc1. The van der Waals surface area contributed by atoms with Gasteiger partial charge in [-0.15, -0.1) is 0 Å². The van der Waals surface area contributed by atoms with E-state index in [9.17, 15) is 9.90 Å². The van der Waals surface area contributed by atoms with Gasteiger partial charge in [-0.25, -0.2) is 0 Å². The molecular weight excluding hydrogens is 250 g/mol. The van der Waals surface area contributed by atoms with Gasteiger partial charge in [-0.05, 0) is 51.3 Å². The standard InChI is InChI=1S/C17H27NO2/c1-12(2)11-14-7-9-15(10-8-14)13(3)18(6)17(4,5)16(19)20/h7-10,12-13H,11H2,1-6H3,(H,19,20). The predicted octanol–water partition coefficient (Wildman–Crippen LogP) is 3.74. The number of carboxylic acids is 1. The van der Waals surface area contributed by atoms with Crippen LogP contribution in [-0.2, 0) is 11.2 Å². The molecule has 0 saturated heterocycles. The first-order valence-electron chi connectivity index (χ1n) is 7.21. The Morgan fingerprint density at radius 1 is 1.20 bits per heavy atom. The maximum Gasteiger partial charge on any atom is 0.323 e. The quantitative estimate of drug-likeness (QED) is 0.861. The molecule has 1 aromatic carbocycles. The number of rotatable bonds is 6. The summed E-state index contributed by atoms with van der Waals surface area (Å²) in [5.74, 6) is -0.157. The summed E-state index contributed by atoms with van der Waals surface area (Å²) < 4.78 is 0. The van der Waals surface area contributed by atoms with E-state index in [4.69, 9.17) is 0 Å². The first-order valence-corrected chi connectivity index (χ1v) is 7.21. The zero-order valence-corrected chi connectivity index (χ0v) is 13.5. The molecule has 0 radical (unpaired) electrons. The molecule has 0 spiro atoms. The molecule has 0 heterocycles. The molecule has 0 amide bonds. The second kappa shape index (κ2) is 6.40. The van der Waals surface area contributed by atoms with Crippen LogP contribution in [0.5, 0.6) is 0 Å². The fourth-order valence-corrected chi connectivity index (χ4v) is 2.26. The molecule has 0 aromatic heterocycles. The van der Waals surface area contributed by atoms with Gasteiger partial charge in [0.1, 0.15) is 5.54 Å². The number of hydrogen-bond acceptors (Lipinski definition) is 2. The van der Waals surface area contributed by atoms with Crippen molar-refractivity contribution in [2.45, 2.75) is 52.6 Å². The molecule has 1 atom stereocenters. The van der Waals surface area contributed by atoms with Crippen LogP contribution in [0.25, 0.3) is 0 Å². The van der Waals surface area contributed by atoms with Crippen molar-refractivity contribution in [2.24, 2.45) is 5.92 Å². The summed E-state index contributed by atoms with van der Waals surface area (Å²) in [5, 5.41) is 9.31. The fraction of sp³-hybridized carbons (Fsp3) is 0.588. The predicted molar refractivity (Wildman–Crippen MR) is 82.9 cm³/mol. The Hall–Kier alpha value is -1.35. The third-order valence-electron chi connectivity index (χ3n) is 4.09. The Balaban J connectivity index is 2.87. The summed E-state index contributed by atoms with van der Waals surface area (Å²) in [6.07, 6.45) is 1.07. The highest BCUT2D eigenvalue weighted by Gasteiger charge is 2.35. The Kier molecular flexibility index (Phi) is 5.35. The van der Waals surface area contributed by atoms with Crippen LogP contribution < -0.4 is 0 Å². The van der Waals surface area contributed by atoms with Gasteiger partial charge in [-0.3, -0.25) is 9.69 Å². The van der Waals surface area contributed by atoms with E-state index >= 15 is 0 Å². The minimum Gasteiger partial charge on any atom is -0.480 e. The Morgan fingerprint density at radius 3 is 2.10 bits per heavy atom. The second-order valence-electron chi connectivity index (χ2n) is 6.49. The van der Waals surface area contributed by atoms with Gasteiger partial charge in [0.15, 0.2) is 0 Å². The Labute approximate surface area is 122 Å². The summed E-state index contributed by atoms with van der Waals surface area (Å²) in [4.78, 5) is 13.2. The Morgan fingerprint density at radius 2 is 1.70 bits per heavy atom. The second-order valence-corrected chi connectivity index (χ2v) is 6.49. The molecule has 0 aliphatic heterocycles. The van der Waals surface area contributed by atoms with Crippen LogP contribution in [0.3, 0.4) is 0 Å². The summed E-state index contributed by atoms with van der Waals surface area (Å²) in [5.41, 5.74) is 1.60. The van der Waals surface area contributed by atoms with Crippen LogP contribution in [0.15, 0.2) is 24.3 Å². The number of hydrogen-bond donors (Lipinski definition) is 1. The Bertz CT molecular complexity index is 449. The van der Waals surface area contributed by atoms with Gasteiger partial charge in [-0.2, -0.15) is 0 Å². The minimum absolute atomic E-state index is 0.0641. The highest BCUT2D eigenvalue weighted by atomic mass is 16.4. The van der Waals surface area contributed by atoms with Crippen molar-refractivity contribution in [3.8, 4) is 0 Å². The maximum atomic E-state index is 11.3. The number of aliphatic carboxylic acids is 1. The maximum absolute atomic E-state index is 11.3. The molecule has 0 saturated carbocycles. The van der Waals surface area contributed by atoms with Crippen molar-refractivity contribution >= 4 is 5.97 Å². The molecule has 0 aliphatic rings. The van der Waals surface area contributed by atoms with Crippen LogP contribution in [0, 0.1) is 5.92 Å². The fourth-order valence-electron chi connectivity index (χ4n) is 2.26. The largest absolute Gasteiger partial charge is 0.480 e. The topological polar surface area (TPSA) is 40.5 Å². The molecule has 0 bridgehead atoms. The van der Waals surface area contributed by atoms with E-state index < -0.39 is 11.5 Å². The molecule has 1 N–H and O–H groups in total. The monoisotopic (exact) mass is 277 g/mol. The van der Waals surface area contributed by atoms with Crippen molar-refractivity contribution in [1.82, 2.24) is 4.90 Å². The minimum atomic E-state index is -0.879. The van der Waals surface area contributed by atoms with Crippen LogP contribution >= 0.6 is 0 Å². The first kappa shape index (κ1) is 16.7. The lowest BCUT2D eigenvalue weighted by Crippen LogP contribution is -2.48. The summed E-state index contributed by atoms with van der Waals surface area (Å²) in [6.45, 7) is 9.93. The van der Waals surface area contributed by atoms with Gasteiger partial charge in [-0.1, -0.05) is 38.1 Å². The lowest BCUT2D eigenvalue weighted by molar-refractivity contribution is -0.149. The van der Waals surface area contributed by atoms with Crippen molar-refractivity contribution in [3.05, 3.63) is 35.4 Å². The molecule has 1 rings (SSSR count). The molecule has 1 aromatic rings. The molecule has 3 nitrogen and oxygen atoms in total. The van der Waals surface area contributed by atoms with E-state index in [-0.39, 0.29) is 6.04 Å². The molecular formula is C17H27NO2. The van der Waals surface area contributed by atoms with Gasteiger partial charge in [0.2, 0.25) is 0 Å².